The van der Waals surface area contributed by atoms with Crippen LogP contribution in [0, 0.1) is 0 Å². The Bertz CT molecular complexity index is 487. The van der Waals surface area contributed by atoms with Crippen molar-refractivity contribution in [2.24, 2.45) is 0 Å². The van der Waals surface area contributed by atoms with Gasteiger partial charge in [0.05, 0.1) is 6.61 Å². The molecule has 0 aliphatic heterocycles. The van der Waals surface area contributed by atoms with E-state index in [2.05, 4.69) is 0 Å². The number of fused-ring (bicyclic) bond motifs is 1. The number of hydrogen-bond acceptors (Lipinski definition) is 4. The van der Waals surface area contributed by atoms with E-state index in [1.165, 1.54) is 17.4 Å². The van der Waals surface area contributed by atoms with Gasteiger partial charge in [0.15, 0.2) is 6.29 Å². The van der Waals surface area contributed by atoms with Gasteiger partial charge in [0, 0.05) is 20.5 Å². The lowest BCUT2D eigenvalue weighted by Crippen LogP contribution is -1.84. The van der Waals surface area contributed by atoms with Crippen molar-refractivity contribution in [2.75, 3.05) is 0 Å². The third-order valence-electron chi connectivity index (χ3n) is 2.05. The molecule has 0 saturated heterocycles. The molecule has 72 valence electrons. The summed E-state index contributed by atoms with van der Waals surface area (Å²) in [5, 5.41) is 19.0. The third-order valence-corrected chi connectivity index (χ3v) is 3.22. The normalized spacial score (nSPS) is 10.6. The van der Waals surface area contributed by atoms with Gasteiger partial charge in [-0.15, -0.1) is 11.3 Å². The molecule has 2 N–H and O–H groups in total. The van der Waals surface area contributed by atoms with Crippen LogP contribution >= 0.6 is 11.3 Å². The van der Waals surface area contributed by atoms with Crippen LogP contribution in [0.3, 0.4) is 0 Å². The first-order valence-electron chi connectivity index (χ1n) is 4.06. The first-order valence-corrected chi connectivity index (χ1v) is 4.88. The predicted octanol–water partition coefficient (Wildman–Crippen LogP) is 1.91. The van der Waals surface area contributed by atoms with Crippen molar-refractivity contribution in [3.63, 3.8) is 0 Å². The lowest BCUT2D eigenvalue weighted by Gasteiger charge is -1.93. The average molecular weight is 208 g/mol. The Kier molecular flexibility index (Phi) is 2.23. The largest absolute Gasteiger partial charge is 0.508 e. The molecule has 0 amide bonds. The van der Waals surface area contributed by atoms with E-state index in [1.54, 1.807) is 12.1 Å². The van der Waals surface area contributed by atoms with E-state index in [0.29, 0.717) is 22.1 Å². The van der Waals surface area contributed by atoms with Gasteiger partial charge in [-0.25, -0.2) is 0 Å². The van der Waals surface area contributed by atoms with E-state index in [4.69, 9.17) is 5.11 Å². The number of carbonyl (C=O) groups is 1. The van der Waals surface area contributed by atoms with E-state index in [1.807, 2.05) is 0 Å². The molecule has 0 aliphatic carbocycles. The molecule has 2 aromatic rings. The van der Waals surface area contributed by atoms with Gasteiger partial charge in [0.25, 0.3) is 0 Å². The van der Waals surface area contributed by atoms with Crippen LogP contribution in [0.15, 0.2) is 18.2 Å². The molecule has 1 aromatic heterocycles. The summed E-state index contributed by atoms with van der Waals surface area (Å²) < 4.78 is 0.897. The number of benzene rings is 1. The first-order chi connectivity index (χ1) is 6.76. The maximum absolute atomic E-state index is 10.8. The van der Waals surface area contributed by atoms with Gasteiger partial charge in [-0.05, 0) is 18.2 Å². The maximum Gasteiger partial charge on any atom is 0.151 e. The van der Waals surface area contributed by atoms with Crippen molar-refractivity contribution in [3.8, 4) is 5.75 Å². The number of aliphatic hydroxyl groups is 1. The number of aliphatic hydroxyl groups excluding tert-OH is 1. The average Bonchev–Trinajstić information content (AvgIpc) is 2.54. The number of aldehydes is 1. The van der Waals surface area contributed by atoms with Crippen molar-refractivity contribution in [2.45, 2.75) is 6.61 Å². The Labute approximate surface area is 84.2 Å². The first kappa shape index (κ1) is 9.18. The zero-order chi connectivity index (χ0) is 10.1. The van der Waals surface area contributed by atoms with Crippen molar-refractivity contribution < 1.29 is 15.0 Å². The van der Waals surface area contributed by atoms with Crippen molar-refractivity contribution >= 4 is 27.7 Å². The Balaban J connectivity index is 2.81. The molecule has 1 heterocycles. The second-order valence-corrected chi connectivity index (χ2v) is 4.03. The molecule has 0 radical (unpaired) electrons. The number of hydrogen-bond donors (Lipinski definition) is 2. The molecule has 0 aliphatic rings. The predicted molar refractivity (Wildman–Crippen MR) is 54.8 cm³/mol. The van der Waals surface area contributed by atoms with Gasteiger partial charge >= 0.3 is 0 Å². The second-order valence-electron chi connectivity index (χ2n) is 2.90. The topological polar surface area (TPSA) is 57.5 Å². The highest BCUT2D eigenvalue weighted by molar-refractivity contribution is 7.19. The molecule has 0 spiro atoms. The fourth-order valence-electron chi connectivity index (χ4n) is 1.40. The lowest BCUT2D eigenvalue weighted by atomic mass is 10.1. The number of rotatable bonds is 2. The standard InChI is InChI=1S/C10H8O3S/c11-4-8-7-3-6(13)1-2-9(7)14-10(8)5-12/h1-4,12-13H,5H2. The third kappa shape index (κ3) is 1.29. The summed E-state index contributed by atoms with van der Waals surface area (Å²) in [5.74, 6) is 0.128. The molecular formula is C10H8O3S. The fraction of sp³-hybridized carbons (Fsp3) is 0.100. The van der Waals surface area contributed by atoms with Crippen molar-refractivity contribution in [1.82, 2.24) is 0 Å². The summed E-state index contributed by atoms with van der Waals surface area (Å²) >= 11 is 1.36. The molecule has 0 fully saturated rings. The zero-order valence-electron chi connectivity index (χ0n) is 7.23. The second kappa shape index (κ2) is 3.40. The van der Waals surface area contributed by atoms with E-state index in [9.17, 15) is 9.90 Å². The molecule has 4 heteroatoms. The van der Waals surface area contributed by atoms with Crippen molar-refractivity contribution in [1.29, 1.82) is 0 Å². The summed E-state index contributed by atoms with van der Waals surface area (Å²) in [7, 11) is 0. The number of phenolic OH excluding ortho intramolecular Hbond substituents is 1. The van der Waals surface area contributed by atoms with Crippen LogP contribution < -0.4 is 0 Å². The van der Waals surface area contributed by atoms with Gasteiger partial charge in [-0.2, -0.15) is 0 Å². The van der Waals surface area contributed by atoms with E-state index < -0.39 is 0 Å². The van der Waals surface area contributed by atoms with E-state index in [-0.39, 0.29) is 12.4 Å². The summed E-state index contributed by atoms with van der Waals surface area (Å²) in [5.41, 5.74) is 0.475. The zero-order valence-corrected chi connectivity index (χ0v) is 8.04. The van der Waals surface area contributed by atoms with Crippen molar-refractivity contribution in [3.05, 3.63) is 28.6 Å². The molecule has 0 unspecified atom stereocenters. The Morgan fingerprint density at radius 1 is 1.43 bits per heavy atom. The lowest BCUT2D eigenvalue weighted by molar-refractivity contribution is 0.112. The smallest absolute Gasteiger partial charge is 0.151 e. The summed E-state index contributed by atoms with van der Waals surface area (Å²) in [6.07, 6.45) is 0.712. The Hall–Kier alpha value is -1.39. The van der Waals surface area contributed by atoms with Crippen LogP contribution in [0.25, 0.3) is 10.1 Å². The van der Waals surface area contributed by atoms with Crippen LogP contribution in [0.4, 0.5) is 0 Å². The van der Waals surface area contributed by atoms with Gasteiger partial charge in [-0.3, -0.25) is 4.79 Å². The molecule has 0 bridgehead atoms. The highest BCUT2D eigenvalue weighted by atomic mass is 32.1. The minimum atomic E-state index is -0.145. The number of thiophene rings is 1. The van der Waals surface area contributed by atoms with E-state index >= 15 is 0 Å². The highest BCUT2D eigenvalue weighted by Crippen LogP contribution is 2.32. The molecule has 2 rings (SSSR count). The summed E-state index contributed by atoms with van der Waals surface area (Å²) in [4.78, 5) is 11.4. The van der Waals surface area contributed by atoms with Crippen LogP contribution in [-0.4, -0.2) is 16.5 Å². The maximum atomic E-state index is 10.8. The molecule has 1 aromatic carbocycles. The Morgan fingerprint density at radius 3 is 2.86 bits per heavy atom. The fourth-order valence-corrected chi connectivity index (χ4v) is 2.41. The SMILES string of the molecule is O=Cc1c(CO)sc2ccc(O)cc12. The van der Waals surface area contributed by atoms with Gasteiger partial charge in [0.1, 0.15) is 5.75 Å². The van der Waals surface area contributed by atoms with Gasteiger partial charge < -0.3 is 10.2 Å². The number of carbonyl (C=O) groups excluding carboxylic acids is 1. The summed E-state index contributed by atoms with van der Waals surface area (Å²) in [6.45, 7) is -0.145. The Morgan fingerprint density at radius 2 is 2.21 bits per heavy atom. The highest BCUT2D eigenvalue weighted by Gasteiger charge is 2.10. The monoisotopic (exact) mass is 208 g/mol. The molecular weight excluding hydrogens is 200 g/mol. The summed E-state index contributed by atoms with van der Waals surface area (Å²) in [6, 6.07) is 4.84. The number of phenols is 1. The van der Waals surface area contributed by atoms with Crippen LogP contribution in [-0.2, 0) is 6.61 Å². The molecule has 0 saturated carbocycles. The molecule has 14 heavy (non-hydrogen) atoms. The van der Waals surface area contributed by atoms with Gasteiger partial charge in [0.2, 0.25) is 0 Å². The van der Waals surface area contributed by atoms with Crippen LogP contribution in [0.1, 0.15) is 15.2 Å². The molecule has 3 nitrogen and oxygen atoms in total. The quantitative estimate of drug-likeness (QED) is 0.741. The van der Waals surface area contributed by atoms with Gasteiger partial charge in [-0.1, -0.05) is 0 Å². The molecule has 0 atom stereocenters. The van der Waals surface area contributed by atoms with Crippen LogP contribution in [0.5, 0.6) is 5.75 Å². The minimum absolute atomic E-state index is 0.128. The van der Waals surface area contributed by atoms with E-state index in [0.717, 1.165) is 4.70 Å². The minimum Gasteiger partial charge on any atom is -0.508 e. The number of aromatic hydroxyl groups is 1. The van der Waals surface area contributed by atoms with Crippen LogP contribution in [0.2, 0.25) is 0 Å².